The normalized spacial score (nSPS) is 23.3. The molecule has 0 amide bonds. The number of hydrogen-bond acceptors (Lipinski definition) is 6. The fourth-order valence-corrected chi connectivity index (χ4v) is 3.83. The van der Waals surface area contributed by atoms with Crippen molar-refractivity contribution in [2.24, 2.45) is 11.1 Å². The van der Waals surface area contributed by atoms with Crippen molar-refractivity contribution in [2.45, 2.75) is 12.8 Å². The third-order valence-corrected chi connectivity index (χ3v) is 5.22. The number of hydrogen-bond donors (Lipinski definition) is 0. The summed E-state index contributed by atoms with van der Waals surface area (Å²) in [7, 11) is 0. The summed E-state index contributed by atoms with van der Waals surface area (Å²) in [5.74, 6) is 0.0654. The summed E-state index contributed by atoms with van der Waals surface area (Å²) in [6.07, 6.45) is -0.118. The van der Waals surface area contributed by atoms with Gasteiger partial charge in [-0.05, 0) is 17.7 Å². The van der Waals surface area contributed by atoms with E-state index in [1.165, 1.54) is 0 Å². The molecular formula is C20H21N5O2. The second-order valence-corrected chi connectivity index (χ2v) is 6.85. The molecule has 138 valence electrons. The minimum atomic E-state index is -0.118. The Kier molecular flexibility index (Phi) is 4.31. The van der Waals surface area contributed by atoms with Gasteiger partial charge in [0.25, 0.3) is 0 Å². The van der Waals surface area contributed by atoms with Crippen molar-refractivity contribution in [3.05, 3.63) is 60.2 Å². The van der Waals surface area contributed by atoms with Gasteiger partial charge >= 0.3 is 0 Å². The maximum atomic E-state index is 5.93. The molecule has 27 heavy (non-hydrogen) atoms. The predicted octanol–water partition coefficient (Wildman–Crippen LogP) is 2.14. The van der Waals surface area contributed by atoms with Gasteiger partial charge in [-0.3, -0.25) is 4.90 Å². The molecule has 0 spiro atoms. The average Bonchev–Trinajstić information content (AvgIpc) is 3.34. The third-order valence-electron chi connectivity index (χ3n) is 5.22. The largest absolute Gasteiger partial charge is 0.379 e. The molecule has 2 atom stereocenters. The van der Waals surface area contributed by atoms with E-state index in [4.69, 9.17) is 9.57 Å². The Morgan fingerprint density at radius 2 is 1.74 bits per heavy atom. The lowest BCUT2D eigenvalue weighted by Gasteiger charge is -2.33. The van der Waals surface area contributed by atoms with Crippen molar-refractivity contribution in [1.29, 1.82) is 0 Å². The Morgan fingerprint density at radius 1 is 0.963 bits per heavy atom. The highest BCUT2D eigenvalue weighted by molar-refractivity contribution is 6.03. The number of rotatable bonds is 4. The first kappa shape index (κ1) is 16.4. The molecular weight excluding hydrogens is 342 g/mol. The van der Waals surface area contributed by atoms with Crippen LogP contribution in [0.4, 0.5) is 0 Å². The lowest BCUT2D eigenvalue weighted by molar-refractivity contribution is -0.0986. The molecule has 0 saturated carbocycles. The number of fused-ring (bicyclic) bond motifs is 1. The molecule has 0 bridgehead atoms. The molecule has 0 unspecified atom stereocenters. The summed E-state index contributed by atoms with van der Waals surface area (Å²) in [6, 6.07) is 18.3. The zero-order valence-electron chi connectivity index (χ0n) is 14.9. The molecule has 7 nitrogen and oxygen atoms in total. The molecule has 0 radical (unpaired) electrons. The van der Waals surface area contributed by atoms with E-state index < -0.39 is 0 Å². The van der Waals surface area contributed by atoms with Gasteiger partial charge in [0, 0.05) is 13.1 Å². The van der Waals surface area contributed by atoms with Gasteiger partial charge in [-0.1, -0.05) is 52.8 Å². The molecule has 1 saturated heterocycles. The Bertz CT molecular complexity index is 949. The second-order valence-electron chi connectivity index (χ2n) is 6.85. The molecule has 7 heteroatoms. The maximum absolute atomic E-state index is 5.93. The topological polar surface area (TPSA) is 64.8 Å². The summed E-state index contributed by atoms with van der Waals surface area (Å²) in [5.41, 5.74) is 3.98. The molecule has 1 fully saturated rings. The molecule has 2 aromatic carbocycles. The van der Waals surface area contributed by atoms with Crippen molar-refractivity contribution in [3.63, 3.8) is 0 Å². The van der Waals surface area contributed by atoms with Crippen molar-refractivity contribution in [2.75, 3.05) is 26.3 Å². The van der Waals surface area contributed by atoms with Gasteiger partial charge in [0.15, 0.2) is 6.23 Å². The third kappa shape index (κ3) is 3.09. The van der Waals surface area contributed by atoms with Crippen LogP contribution in [0.5, 0.6) is 0 Å². The van der Waals surface area contributed by atoms with E-state index >= 15 is 0 Å². The first-order valence-electron chi connectivity index (χ1n) is 9.29. The monoisotopic (exact) mass is 363 g/mol. The standard InChI is InChI=1S/C20H21N5O2/c1-2-6-15(7-3-1)19-16(20(27-22-19)24-10-12-26-13-11-24)14-25-18-9-5-4-8-17(18)21-23-25/h1-9,16,20H,10-14H2/t16-,20-/m0/s1. The van der Waals surface area contributed by atoms with Gasteiger partial charge in [0.1, 0.15) is 5.52 Å². The SMILES string of the molecule is c1ccc(C2=NO[C@H](N3CCOCC3)[C@H]2Cn2nnc3ccccc32)cc1. The highest BCUT2D eigenvalue weighted by Gasteiger charge is 2.40. The van der Waals surface area contributed by atoms with E-state index in [9.17, 15) is 0 Å². The van der Waals surface area contributed by atoms with Crippen molar-refractivity contribution < 1.29 is 9.57 Å². The number of oxime groups is 1. The quantitative estimate of drug-likeness (QED) is 0.711. The minimum absolute atomic E-state index is 0.0654. The Balaban J connectivity index is 1.49. The number of para-hydroxylation sites is 1. The van der Waals surface area contributed by atoms with Gasteiger partial charge in [-0.25, -0.2) is 4.68 Å². The van der Waals surface area contributed by atoms with E-state index in [0.29, 0.717) is 6.54 Å². The second kappa shape index (κ2) is 7.09. The highest BCUT2D eigenvalue weighted by Crippen LogP contribution is 2.28. The fraction of sp³-hybridized carbons (Fsp3) is 0.350. The van der Waals surface area contributed by atoms with E-state index in [2.05, 4.69) is 32.5 Å². The fourth-order valence-electron chi connectivity index (χ4n) is 3.83. The molecule has 2 aliphatic rings. The van der Waals surface area contributed by atoms with Crippen molar-refractivity contribution in [1.82, 2.24) is 19.9 Å². The van der Waals surface area contributed by atoms with Crippen LogP contribution in [0, 0.1) is 5.92 Å². The van der Waals surface area contributed by atoms with Crippen LogP contribution in [0.15, 0.2) is 59.8 Å². The number of aromatic nitrogens is 3. The molecule has 3 aromatic rings. The van der Waals surface area contributed by atoms with E-state index in [1.807, 2.05) is 47.1 Å². The van der Waals surface area contributed by atoms with Crippen molar-refractivity contribution >= 4 is 16.7 Å². The lowest BCUT2D eigenvalue weighted by Crippen LogP contribution is -2.48. The molecule has 0 aliphatic carbocycles. The molecule has 2 aliphatic heterocycles. The summed E-state index contributed by atoms with van der Waals surface area (Å²) < 4.78 is 7.47. The van der Waals surface area contributed by atoms with E-state index in [0.717, 1.165) is 48.6 Å². The zero-order valence-corrected chi connectivity index (χ0v) is 14.9. The summed E-state index contributed by atoms with van der Waals surface area (Å²) in [5, 5.41) is 13.2. The van der Waals surface area contributed by atoms with Crippen molar-refractivity contribution in [3.8, 4) is 0 Å². The van der Waals surface area contributed by atoms with Crippen LogP contribution in [0.1, 0.15) is 5.56 Å². The average molecular weight is 363 g/mol. The lowest BCUT2D eigenvalue weighted by atomic mass is 9.94. The molecule has 0 N–H and O–H groups in total. The number of nitrogens with zero attached hydrogens (tertiary/aromatic N) is 5. The minimum Gasteiger partial charge on any atom is -0.379 e. The summed E-state index contributed by atoms with van der Waals surface area (Å²) in [4.78, 5) is 8.24. The van der Waals surface area contributed by atoms with Gasteiger partial charge in [0.2, 0.25) is 0 Å². The van der Waals surface area contributed by atoms with Gasteiger partial charge < -0.3 is 9.57 Å². The smallest absolute Gasteiger partial charge is 0.191 e. The van der Waals surface area contributed by atoms with E-state index in [-0.39, 0.29) is 12.1 Å². The first-order valence-corrected chi connectivity index (χ1v) is 9.29. The van der Waals surface area contributed by atoms with Crippen LogP contribution in [0.2, 0.25) is 0 Å². The predicted molar refractivity (Wildman–Crippen MR) is 101 cm³/mol. The van der Waals surface area contributed by atoms with Crippen LogP contribution in [-0.2, 0) is 16.1 Å². The Hall–Kier alpha value is -2.77. The van der Waals surface area contributed by atoms with Crippen LogP contribution >= 0.6 is 0 Å². The van der Waals surface area contributed by atoms with Gasteiger partial charge in [-0.2, -0.15) is 0 Å². The number of morpholine rings is 1. The van der Waals surface area contributed by atoms with Crippen LogP contribution in [-0.4, -0.2) is 58.1 Å². The van der Waals surface area contributed by atoms with Crippen LogP contribution < -0.4 is 0 Å². The van der Waals surface area contributed by atoms with Gasteiger partial charge in [-0.15, -0.1) is 5.10 Å². The first-order chi connectivity index (χ1) is 13.4. The summed E-state index contributed by atoms with van der Waals surface area (Å²) in [6.45, 7) is 3.79. The summed E-state index contributed by atoms with van der Waals surface area (Å²) >= 11 is 0. The van der Waals surface area contributed by atoms with Crippen LogP contribution in [0.25, 0.3) is 11.0 Å². The van der Waals surface area contributed by atoms with E-state index in [1.54, 1.807) is 0 Å². The number of benzene rings is 2. The van der Waals surface area contributed by atoms with Gasteiger partial charge in [0.05, 0.1) is 36.9 Å². The Morgan fingerprint density at radius 3 is 2.59 bits per heavy atom. The highest BCUT2D eigenvalue weighted by atomic mass is 16.7. The Labute approximate surface area is 157 Å². The van der Waals surface area contributed by atoms with Crippen LogP contribution in [0.3, 0.4) is 0 Å². The molecule has 5 rings (SSSR count). The molecule has 1 aromatic heterocycles. The zero-order chi connectivity index (χ0) is 18.1. The molecule has 3 heterocycles. The number of ether oxygens (including phenoxy) is 1. The maximum Gasteiger partial charge on any atom is 0.191 e.